The van der Waals surface area contributed by atoms with Crippen LogP contribution in [0.2, 0.25) is 0 Å². The Morgan fingerprint density at radius 1 is 1.30 bits per heavy atom. The van der Waals surface area contributed by atoms with E-state index < -0.39 is 11.0 Å². The van der Waals surface area contributed by atoms with E-state index in [1.807, 2.05) is 24.3 Å². The van der Waals surface area contributed by atoms with Crippen LogP contribution in [0.15, 0.2) is 36.7 Å². The Morgan fingerprint density at radius 3 is 2.78 bits per heavy atom. The molecule has 0 amide bonds. The normalized spacial score (nSPS) is 18.3. The quantitative estimate of drug-likeness (QED) is 0.537. The largest absolute Gasteiger partial charge is 0.390 e. The number of nitrogens with one attached hydrogen (secondary N) is 1. The van der Waals surface area contributed by atoms with Gasteiger partial charge in [0.25, 0.3) is 0 Å². The summed E-state index contributed by atoms with van der Waals surface area (Å²) in [6.07, 6.45) is 3.08. The van der Waals surface area contributed by atoms with Gasteiger partial charge in [0.1, 0.15) is 11.5 Å². The van der Waals surface area contributed by atoms with Crippen LogP contribution >= 0.6 is 0 Å². The topological polar surface area (TPSA) is 119 Å². The third-order valence-electron chi connectivity index (χ3n) is 4.77. The lowest BCUT2D eigenvalue weighted by Gasteiger charge is -2.19. The Balaban J connectivity index is 1.78. The van der Waals surface area contributed by atoms with E-state index in [4.69, 9.17) is 0 Å². The molecule has 0 spiro atoms. The van der Waals surface area contributed by atoms with Crippen LogP contribution in [0.5, 0.6) is 0 Å². The zero-order valence-corrected chi connectivity index (χ0v) is 14.8. The van der Waals surface area contributed by atoms with Crippen LogP contribution in [-0.2, 0) is 6.42 Å². The van der Waals surface area contributed by atoms with E-state index in [9.17, 15) is 15.2 Å². The molecule has 1 aliphatic rings. The maximum Gasteiger partial charge on any atom is 0.333 e. The van der Waals surface area contributed by atoms with Gasteiger partial charge in [0, 0.05) is 18.8 Å². The van der Waals surface area contributed by atoms with Gasteiger partial charge in [0.2, 0.25) is 11.8 Å². The molecular formula is C18H18N6O3. The van der Waals surface area contributed by atoms with Crippen LogP contribution < -0.4 is 5.32 Å². The summed E-state index contributed by atoms with van der Waals surface area (Å²) in [5, 5.41) is 25.1. The molecule has 9 heteroatoms. The number of rotatable bonds is 4. The molecule has 27 heavy (non-hydrogen) atoms. The Bertz CT molecular complexity index is 1030. The molecule has 2 N–H and O–H groups in total. The van der Waals surface area contributed by atoms with E-state index in [1.54, 1.807) is 30.8 Å². The predicted octanol–water partition coefficient (Wildman–Crippen LogP) is 2.26. The molecule has 2 atom stereocenters. The summed E-state index contributed by atoms with van der Waals surface area (Å²) in [4.78, 5) is 23.8. The fraction of sp³-hybridized carbons (Fsp3) is 0.278. The van der Waals surface area contributed by atoms with Gasteiger partial charge in [-0.1, -0.05) is 24.3 Å². The molecule has 0 unspecified atom stereocenters. The molecule has 0 radical (unpaired) electrons. The predicted molar refractivity (Wildman–Crippen MR) is 97.8 cm³/mol. The number of nitro groups is 1. The SMILES string of the molecule is Cc1nc(N[C@@H]2c3ccccc3C[C@@H]2O)nc(-n2ccnc2C)c1[N+](=O)[O-]. The van der Waals surface area contributed by atoms with Crippen molar-refractivity contribution in [2.24, 2.45) is 0 Å². The fourth-order valence-corrected chi connectivity index (χ4v) is 3.49. The molecule has 3 aromatic rings. The van der Waals surface area contributed by atoms with Crippen LogP contribution in [0.25, 0.3) is 5.82 Å². The number of fused-ring (bicyclic) bond motifs is 1. The van der Waals surface area contributed by atoms with Crippen molar-refractivity contribution >= 4 is 11.6 Å². The van der Waals surface area contributed by atoms with Gasteiger partial charge in [0.05, 0.1) is 17.1 Å². The first kappa shape index (κ1) is 17.1. The first-order valence-electron chi connectivity index (χ1n) is 8.51. The van der Waals surface area contributed by atoms with Gasteiger partial charge >= 0.3 is 5.69 Å². The number of hydrogen-bond acceptors (Lipinski definition) is 7. The highest BCUT2D eigenvalue weighted by Gasteiger charge is 2.32. The second-order valence-corrected chi connectivity index (χ2v) is 6.50. The molecule has 0 saturated carbocycles. The van der Waals surface area contributed by atoms with Crippen LogP contribution in [0.3, 0.4) is 0 Å². The number of benzene rings is 1. The number of hydrogen-bond donors (Lipinski definition) is 2. The number of aryl methyl sites for hydroxylation is 2. The zero-order valence-electron chi connectivity index (χ0n) is 14.8. The van der Waals surface area contributed by atoms with Gasteiger partial charge < -0.3 is 10.4 Å². The van der Waals surface area contributed by atoms with Crippen LogP contribution in [-0.4, -0.2) is 35.7 Å². The number of anilines is 1. The summed E-state index contributed by atoms with van der Waals surface area (Å²) < 4.78 is 1.55. The summed E-state index contributed by atoms with van der Waals surface area (Å²) >= 11 is 0. The monoisotopic (exact) mass is 366 g/mol. The van der Waals surface area contributed by atoms with E-state index in [1.165, 1.54) is 0 Å². The average molecular weight is 366 g/mol. The van der Waals surface area contributed by atoms with Crippen molar-refractivity contribution in [2.45, 2.75) is 32.4 Å². The van der Waals surface area contributed by atoms with E-state index >= 15 is 0 Å². The Labute approximate surface area is 154 Å². The number of aromatic nitrogens is 4. The summed E-state index contributed by atoms with van der Waals surface area (Å²) in [5.41, 5.74) is 2.10. The Hall–Kier alpha value is -3.33. The maximum atomic E-state index is 11.6. The van der Waals surface area contributed by atoms with E-state index in [2.05, 4.69) is 20.3 Å². The first-order chi connectivity index (χ1) is 13.0. The third-order valence-corrected chi connectivity index (χ3v) is 4.77. The second-order valence-electron chi connectivity index (χ2n) is 6.50. The molecular weight excluding hydrogens is 348 g/mol. The van der Waals surface area contributed by atoms with Gasteiger partial charge in [-0.25, -0.2) is 9.97 Å². The molecule has 9 nitrogen and oxygen atoms in total. The highest BCUT2D eigenvalue weighted by atomic mass is 16.6. The van der Waals surface area contributed by atoms with Crippen LogP contribution in [0.4, 0.5) is 11.6 Å². The van der Waals surface area contributed by atoms with Crippen molar-refractivity contribution < 1.29 is 10.0 Å². The molecule has 0 saturated heterocycles. The number of aliphatic hydroxyl groups is 1. The summed E-state index contributed by atoms with van der Waals surface area (Å²) in [5.74, 6) is 0.945. The minimum atomic E-state index is -0.625. The lowest BCUT2D eigenvalue weighted by molar-refractivity contribution is -0.385. The van der Waals surface area contributed by atoms with Gasteiger partial charge in [-0.2, -0.15) is 4.98 Å². The van der Waals surface area contributed by atoms with E-state index in [0.29, 0.717) is 12.2 Å². The molecule has 0 aliphatic heterocycles. The van der Waals surface area contributed by atoms with Gasteiger partial charge in [-0.05, 0) is 25.0 Å². The second kappa shape index (κ2) is 6.44. The lowest BCUT2D eigenvalue weighted by Crippen LogP contribution is -2.23. The van der Waals surface area contributed by atoms with Crippen molar-refractivity contribution in [3.63, 3.8) is 0 Å². The minimum Gasteiger partial charge on any atom is -0.390 e. The molecule has 0 fully saturated rings. The number of aliphatic hydroxyl groups excluding tert-OH is 1. The molecule has 0 bridgehead atoms. The maximum absolute atomic E-state index is 11.6. The van der Waals surface area contributed by atoms with E-state index in [0.717, 1.165) is 11.1 Å². The van der Waals surface area contributed by atoms with Crippen molar-refractivity contribution in [1.29, 1.82) is 0 Å². The van der Waals surface area contributed by atoms with Crippen molar-refractivity contribution in [3.8, 4) is 5.82 Å². The summed E-state index contributed by atoms with van der Waals surface area (Å²) in [6, 6.07) is 7.39. The van der Waals surface area contributed by atoms with Crippen molar-refractivity contribution in [1.82, 2.24) is 19.5 Å². The lowest BCUT2D eigenvalue weighted by atomic mass is 10.1. The smallest absolute Gasteiger partial charge is 0.333 e. The molecule has 1 aromatic carbocycles. The Morgan fingerprint density at radius 2 is 2.07 bits per heavy atom. The summed E-state index contributed by atoms with van der Waals surface area (Å²) in [7, 11) is 0. The van der Waals surface area contributed by atoms with E-state index in [-0.39, 0.29) is 29.2 Å². The summed E-state index contributed by atoms with van der Waals surface area (Å²) in [6.45, 7) is 3.31. The highest BCUT2D eigenvalue weighted by Crippen LogP contribution is 2.34. The van der Waals surface area contributed by atoms with Crippen LogP contribution in [0.1, 0.15) is 28.7 Å². The molecule has 2 aromatic heterocycles. The average Bonchev–Trinajstić information content (AvgIpc) is 3.17. The minimum absolute atomic E-state index is 0.144. The molecule has 1 aliphatic carbocycles. The third kappa shape index (κ3) is 2.91. The first-order valence-corrected chi connectivity index (χ1v) is 8.51. The van der Waals surface area contributed by atoms with Gasteiger partial charge in [-0.3, -0.25) is 14.7 Å². The van der Waals surface area contributed by atoms with Crippen molar-refractivity contribution in [2.75, 3.05) is 5.32 Å². The molecule has 4 rings (SSSR count). The highest BCUT2D eigenvalue weighted by molar-refractivity contribution is 5.55. The Kier molecular flexibility index (Phi) is 4.08. The zero-order chi connectivity index (χ0) is 19.1. The number of nitrogens with zero attached hydrogens (tertiary/aromatic N) is 5. The van der Waals surface area contributed by atoms with Crippen LogP contribution in [0, 0.1) is 24.0 Å². The molecule has 2 heterocycles. The standard InChI is InChI=1S/C18H18N6O3/c1-10-16(24(26)27)17(23-8-7-19-11(23)2)22-18(20-10)21-15-13-6-4-3-5-12(13)9-14(15)25/h3-8,14-15,25H,9H2,1-2H3,(H,20,21,22)/t14-,15+/m0/s1. The van der Waals surface area contributed by atoms with Gasteiger partial charge in [-0.15, -0.1) is 0 Å². The van der Waals surface area contributed by atoms with Gasteiger partial charge in [0.15, 0.2) is 0 Å². The number of imidazole rings is 1. The molecule has 138 valence electrons. The fourth-order valence-electron chi connectivity index (χ4n) is 3.49. The van der Waals surface area contributed by atoms with Crippen molar-refractivity contribution in [3.05, 3.63) is 69.4 Å².